The van der Waals surface area contributed by atoms with Crippen molar-refractivity contribution >= 4 is 5.91 Å². The monoisotopic (exact) mass is 371 g/mol. The number of benzene rings is 1. The van der Waals surface area contributed by atoms with Crippen LogP contribution >= 0.6 is 0 Å². The number of ether oxygens (including phenoxy) is 1. The first-order valence-corrected chi connectivity index (χ1v) is 8.76. The number of halogens is 1. The van der Waals surface area contributed by atoms with Crippen LogP contribution in [-0.2, 0) is 6.61 Å². The molecular weight excluding hydrogens is 353 g/mol. The highest BCUT2D eigenvalue weighted by atomic mass is 19.1. The fourth-order valence-corrected chi connectivity index (χ4v) is 3.12. The van der Waals surface area contributed by atoms with Gasteiger partial charge in [-0.05, 0) is 55.7 Å². The molecule has 0 spiro atoms. The van der Waals surface area contributed by atoms with Crippen molar-refractivity contribution in [1.29, 1.82) is 0 Å². The van der Waals surface area contributed by atoms with E-state index in [1.807, 2.05) is 0 Å². The molecule has 4 rings (SSSR count). The number of likely N-dealkylation sites (tertiary alicyclic amines) is 1. The van der Waals surface area contributed by atoms with Crippen molar-refractivity contribution in [2.45, 2.75) is 31.9 Å². The molecule has 0 radical (unpaired) electrons. The van der Waals surface area contributed by atoms with E-state index in [1.54, 1.807) is 17.0 Å². The first kappa shape index (κ1) is 17.3. The van der Waals surface area contributed by atoms with Crippen LogP contribution in [0.2, 0.25) is 0 Å². The lowest BCUT2D eigenvalue weighted by atomic mass is 10.0. The maximum atomic E-state index is 12.9. The molecule has 1 saturated heterocycles. The van der Waals surface area contributed by atoms with Crippen LogP contribution in [0.1, 0.15) is 47.6 Å². The molecule has 2 aromatic heterocycles. The molecule has 1 unspecified atom stereocenters. The highest BCUT2D eigenvalue weighted by Crippen LogP contribution is 2.30. The molecule has 1 aromatic carbocycles. The Balaban J connectivity index is 1.45. The summed E-state index contributed by atoms with van der Waals surface area (Å²) in [5, 5.41) is 4.03. The molecule has 0 aliphatic carbocycles. The fraction of sp³-hybridized carbons (Fsp3) is 0.316. The number of carbonyl (C=O) groups excluding carboxylic acids is 1. The topological polar surface area (TPSA) is 81.6 Å². The number of amides is 1. The SMILES string of the molecule is O=C(c1ccco1)N1CCCCC1c1noc(COc2ccc(F)cc2)n1. The summed E-state index contributed by atoms with van der Waals surface area (Å²) in [5.74, 6) is 1.03. The van der Waals surface area contributed by atoms with Crippen molar-refractivity contribution in [3.8, 4) is 5.75 Å². The zero-order valence-electron chi connectivity index (χ0n) is 14.5. The number of furan rings is 1. The molecule has 1 fully saturated rings. The number of aromatic nitrogens is 2. The van der Waals surface area contributed by atoms with Gasteiger partial charge in [-0.3, -0.25) is 4.79 Å². The van der Waals surface area contributed by atoms with Gasteiger partial charge in [0.1, 0.15) is 11.6 Å². The Labute approximate surface area is 154 Å². The molecule has 1 amide bonds. The summed E-state index contributed by atoms with van der Waals surface area (Å²) < 4.78 is 28.9. The van der Waals surface area contributed by atoms with Gasteiger partial charge in [-0.15, -0.1) is 0 Å². The average Bonchev–Trinajstić information content (AvgIpc) is 3.39. The summed E-state index contributed by atoms with van der Waals surface area (Å²) in [5.41, 5.74) is 0. The second-order valence-electron chi connectivity index (χ2n) is 6.28. The zero-order valence-corrected chi connectivity index (χ0v) is 14.5. The number of rotatable bonds is 5. The molecule has 3 aromatic rings. The largest absolute Gasteiger partial charge is 0.484 e. The minimum atomic E-state index is -0.332. The van der Waals surface area contributed by atoms with E-state index >= 15 is 0 Å². The Morgan fingerprint density at radius 3 is 2.89 bits per heavy atom. The second-order valence-corrected chi connectivity index (χ2v) is 6.28. The van der Waals surface area contributed by atoms with Crippen LogP contribution < -0.4 is 4.74 Å². The van der Waals surface area contributed by atoms with E-state index in [4.69, 9.17) is 13.7 Å². The van der Waals surface area contributed by atoms with Crippen molar-refractivity contribution in [1.82, 2.24) is 15.0 Å². The molecule has 140 valence electrons. The van der Waals surface area contributed by atoms with Gasteiger partial charge in [0, 0.05) is 6.54 Å². The molecule has 8 heteroatoms. The maximum Gasteiger partial charge on any atom is 0.290 e. The molecule has 0 N–H and O–H groups in total. The second kappa shape index (κ2) is 7.61. The quantitative estimate of drug-likeness (QED) is 0.679. The highest BCUT2D eigenvalue weighted by Gasteiger charge is 2.33. The van der Waals surface area contributed by atoms with Crippen LogP contribution in [0.5, 0.6) is 5.75 Å². The third kappa shape index (κ3) is 3.84. The molecule has 7 nitrogen and oxygen atoms in total. The van der Waals surface area contributed by atoms with Crippen LogP contribution in [0.15, 0.2) is 51.6 Å². The minimum absolute atomic E-state index is 0.0669. The van der Waals surface area contributed by atoms with Crippen LogP contribution in [0.3, 0.4) is 0 Å². The van der Waals surface area contributed by atoms with Crippen LogP contribution in [0.4, 0.5) is 4.39 Å². The van der Waals surface area contributed by atoms with E-state index in [0.717, 1.165) is 19.3 Å². The minimum Gasteiger partial charge on any atom is -0.484 e. The van der Waals surface area contributed by atoms with Gasteiger partial charge < -0.3 is 18.6 Å². The Bertz CT molecular complexity index is 892. The van der Waals surface area contributed by atoms with Gasteiger partial charge in [-0.2, -0.15) is 4.98 Å². The summed E-state index contributed by atoms with van der Waals surface area (Å²) in [7, 11) is 0. The number of nitrogens with zero attached hydrogens (tertiary/aromatic N) is 3. The first-order chi connectivity index (χ1) is 13.2. The van der Waals surface area contributed by atoms with Crippen LogP contribution in [0, 0.1) is 5.82 Å². The predicted molar refractivity (Wildman–Crippen MR) is 91.4 cm³/mol. The first-order valence-electron chi connectivity index (χ1n) is 8.76. The van der Waals surface area contributed by atoms with Crippen molar-refractivity contribution in [2.75, 3.05) is 6.54 Å². The number of carbonyl (C=O) groups is 1. The van der Waals surface area contributed by atoms with Crippen molar-refractivity contribution in [2.24, 2.45) is 0 Å². The molecule has 0 saturated carbocycles. The normalized spacial score (nSPS) is 17.1. The molecule has 1 aliphatic rings. The predicted octanol–water partition coefficient (Wildman–Crippen LogP) is 3.75. The number of hydrogen-bond acceptors (Lipinski definition) is 6. The summed E-state index contributed by atoms with van der Waals surface area (Å²) >= 11 is 0. The van der Waals surface area contributed by atoms with Crippen molar-refractivity contribution < 1.29 is 22.9 Å². The van der Waals surface area contributed by atoms with Crippen LogP contribution in [-0.4, -0.2) is 27.5 Å². The molecular formula is C19H18FN3O4. The summed E-state index contributed by atoms with van der Waals surface area (Å²) in [6.45, 7) is 0.678. The lowest BCUT2D eigenvalue weighted by molar-refractivity contribution is 0.0564. The third-order valence-corrected chi connectivity index (χ3v) is 4.45. The van der Waals surface area contributed by atoms with Gasteiger partial charge in [0.05, 0.1) is 12.3 Å². The lowest BCUT2D eigenvalue weighted by Crippen LogP contribution is -2.38. The van der Waals surface area contributed by atoms with E-state index < -0.39 is 0 Å². The van der Waals surface area contributed by atoms with Gasteiger partial charge >= 0.3 is 0 Å². The van der Waals surface area contributed by atoms with E-state index in [0.29, 0.717) is 29.8 Å². The third-order valence-electron chi connectivity index (χ3n) is 4.45. The standard InChI is InChI=1S/C19H18FN3O4/c20-13-6-8-14(9-7-13)26-12-17-21-18(22-27-17)15-4-1-2-10-23(15)19(24)16-5-3-11-25-16/h3,5-9,11,15H,1-2,4,10,12H2. The van der Waals surface area contributed by atoms with Crippen molar-refractivity contribution in [3.63, 3.8) is 0 Å². The fourth-order valence-electron chi connectivity index (χ4n) is 3.12. The number of piperidine rings is 1. The van der Waals surface area contributed by atoms with Gasteiger partial charge in [0.25, 0.3) is 11.8 Å². The van der Waals surface area contributed by atoms with E-state index in [-0.39, 0.29) is 24.4 Å². The number of hydrogen-bond donors (Lipinski definition) is 0. The maximum absolute atomic E-state index is 12.9. The summed E-state index contributed by atoms with van der Waals surface area (Å²) in [4.78, 5) is 18.8. The smallest absolute Gasteiger partial charge is 0.290 e. The lowest BCUT2D eigenvalue weighted by Gasteiger charge is -2.33. The molecule has 3 heterocycles. The van der Waals surface area contributed by atoms with E-state index in [1.165, 1.54) is 30.5 Å². The summed E-state index contributed by atoms with van der Waals surface area (Å²) in [6, 6.07) is 8.75. The Morgan fingerprint density at radius 2 is 2.11 bits per heavy atom. The van der Waals surface area contributed by atoms with Gasteiger partial charge in [0.2, 0.25) is 0 Å². The Hall–Kier alpha value is -3.16. The zero-order chi connectivity index (χ0) is 18.6. The van der Waals surface area contributed by atoms with Gasteiger partial charge in [0.15, 0.2) is 18.2 Å². The molecule has 1 aliphatic heterocycles. The van der Waals surface area contributed by atoms with Crippen LogP contribution in [0.25, 0.3) is 0 Å². The molecule has 0 bridgehead atoms. The van der Waals surface area contributed by atoms with E-state index in [9.17, 15) is 9.18 Å². The molecule has 1 atom stereocenters. The molecule has 27 heavy (non-hydrogen) atoms. The van der Waals surface area contributed by atoms with Gasteiger partial charge in [-0.25, -0.2) is 4.39 Å². The Kier molecular flexibility index (Phi) is 4.86. The average molecular weight is 371 g/mol. The van der Waals surface area contributed by atoms with Gasteiger partial charge in [-0.1, -0.05) is 5.16 Å². The highest BCUT2D eigenvalue weighted by molar-refractivity contribution is 5.91. The summed E-state index contributed by atoms with van der Waals surface area (Å²) in [6.07, 6.45) is 4.12. The van der Waals surface area contributed by atoms with E-state index in [2.05, 4.69) is 10.1 Å². The Morgan fingerprint density at radius 1 is 1.26 bits per heavy atom. The van der Waals surface area contributed by atoms with Crippen molar-refractivity contribution in [3.05, 3.63) is 66.0 Å².